The summed E-state index contributed by atoms with van der Waals surface area (Å²) in [6, 6.07) is -1.86. The van der Waals surface area contributed by atoms with Crippen LogP contribution in [0.4, 0.5) is 31.1 Å². The van der Waals surface area contributed by atoms with Gasteiger partial charge in [0.25, 0.3) is 0 Å². The molecule has 2 amide bonds. The van der Waals surface area contributed by atoms with Gasteiger partial charge in [0, 0.05) is 17.5 Å². The summed E-state index contributed by atoms with van der Waals surface area (Å²) in [6.45, 7) is -0.602. The molecule has 11 heteroatoms. The molecule has 2 rings (SSSR count). The zero-order valence-electron chi connectivity index (χ0n) is 13.3. The Morgan fingerprint density at radius 1 is 1.27 bits per heavy atom. The predicted molar refractivity (Wildman–Crippen MR) is 75.9 cm³/mol. The molecule has 0 saturated carbocycles. The Kier molecular flexibility index (Phi) is 5.38. The normalized spacial score (nSPS) is 23.9. The number of carbonyl (C=O) groups is 2. The number of likely N-dealkylation sites (tertiary alicyclic amines) is 1. The standard InChI is InChI=1S/C15H14F6N2O3/c1-6-7(11-8(16)2-3-9(17)12(11)18)4-10(22-14(25)26)13(24)23(6)5-15(19,20)21/h2-3,6-7,10,22H,4-5H2,1H3,(H,25,26). The van der Waals surface area contributed by atoms with Crippen molar-refractivity contribution in [2.24, 2.45) is 0 Å². The van der Waals surface area contributed by atoms with Crippen molar-refractivity contribution in [3.05, 3.63) is 35.1 Å². The minimum atomic E-state index is -4.82. The minimum Gasteiger partial charge on any atom is -0.465 e. The molecule has 0 spiro atoms. The summed E-state index contributed by atoms with van der Waals surface area (Å²) in [4.78, 5) is 23.3. The van der Waals surface area contributed by atoms with E-state index in [-0.39, 0.29) is 0 Å². The van der Waals surface area contributed by atoms with Gasteiger partial charge in [-0.3, -0.25) is 4.79 Å². The van der Waals surface area contributed by atoms with E-state index >= 15 is 0 Å². The Morgan fingerprint density at radius 2 is 1.85 bits per heavy atom. The van der Waals surface area contributed by atoms with Crippen molar-refractivity contribution in [2.45, 2.75) is 37.5 Å². The van der Waals surface area contributed by atoms with Crippen molar-refractivity contribution in [1.82, 2.24) is 10.2 Å². The van der Waals surface area contributed by atoms with Gasteiger partial charge < -0.3 is 15.3 Å². The van der Waals surface area contributed by atoms with E-state index < -0.39 is 72.2 Å². The topological polar surface area (TPSA) is 69.6 Å². The average molecular weight is 384 g/mol. The first-order valence-corrected chi connectivity index (χ1v) is 7.42. The van der Waals surface area contributed by atoms with Crippen LogP contribution in [0.3, 0.4) is 0 Å². The quantitative estimate of drug-likeness (QED) is 0.622. The van der Waals surface area contributed by atoms with Crippen molar-refractivity contribution in [3.63, 3.8) is 0 Å². The Bertz CT molecular complexity index is 724. The molecule has 0 radical (unpaired) electrons. The largest absolute Gasteiger partial charge is 0.465 e. The Hall–Kier alpha value is -2.46. The highest BCUT2D eigenvalue weighted by Crippen LogP contribution is 2.38. The molecule has 3 unspecified atom stereocenters. The number of halogens is 6. The third-order valence-corrected chi connectivity index (χ3v) is 4.24. The van der Waals surface area contributed by atoms with Crippen LogP contribution in [0, 0.1) is 17.5 Å². The zero-order valence-corrected chi connectivity index (χ0v) is 13.3. The van der Waals surface area contributed by atoms with Crippen LogP contribution in [-0.4, -0.2) is 46.8 Å². The van der Waals surface area contributed by atoms with Crippen LogP contribution in [0.25, 0.3) is 0 Å². The number of rotatable bonds is 3. The molecule has 3 atom stereocenters. The van der Waals surface area contributed by atoms with Crippen molar-refractivity contribution in [2.75, 3.05) is 6.54 Å². The number of hydrogen-bond donors (Lipinski definition) is 2. The van der Waals surface area contributed by atoms with E-state index in [2.05, 4.69) is 0 Å². The first-order chi connectivity index (χ1) is 11.9. The molecule has 1 fully saturated rings. The number of carbonyl (C=O) groups excluding carboxylic acids is 1. The second-order valence-corrected chi connectivity index (χ2v) is 5.92. The van der Waals surface area contributed by atoms with E-state index in [1.807, 2.05) is 0 Å². The third kappa shape index (κ3) is 4.02. The van der Waals surface area contributed by atoms with E-state index in [1.165, 1.54) is 0 Å². The summed E-state index contributed by atoms with van der Waals surface area (Å²) in [5.74, 6) is -6.75. The number of piperidine rings is 1. The van der Waals surface area contributed by atoms with Crippen LogP contribution < -0.4 is 5.32 Å². The highest BCUT2D eigenvalue weighted by molar-refractivity contribution is 5.86. The fraction of sp³-hybridized carbons (Fsp3) is 0.467. The van der Waals surface area contributed by atoms with Crippen LogP contribution in [-0.2, 0) is 4.79 Å². The lowest BCUT2D eigenvalue weighted by Crippen LogP contribution is -2.59. The fourth-order valence-electron chi connectivity index (χ4n) is 3.10. The monoisotopic (exact) mass is 384 g/mol. The SMILES string of the molecule is CC1C(c2c(F)ccc(F)c2F)CC(NC(=O)O)C(=O)N1CC(F)(F)F. The summed E-state index contributed by atoms with van der Waals surface area (Å²) in [6.07, 6.45) is -7.03. The molecular formula is C15H14F6N2O3. The van der Waals surface area contributed by atoms with Gasteiger partial charge in [-0.2, -0.15) is 13.2 Å². The highest BCUT2D eigenvalue weighted by atomic mass is 19.4. The molecule has 0 bridgehead atoms. The summed E-state index contributed by atoms with van der Waals surface area (Å²) >= 11 is 0. The summed E-state index contributed by atoms with van der Waals surface area (Å²) < 4.78 is 80.0. The molecule has 2 N–H and O–H groups in total. The van der Waals surface area contributed by atoms with Crippen molar-refractivity contribution >= 4 is 12.0 Å². The molecule has 0 aromatic heterocycles. The van der Waals surface area contributed by atoms with Gasteiger partial charge in [-0.05, 0) is 25.5 Å². The van der Waals surface area contributed by atoms with Gasteiger partial charge in [-0.25, -0.2) is 18.0 Å². The average Bonchev–Trinajstić information content (AvgIpc) is 2.50. The van der Waals surface area contributed by atoms with E-state index in [4.69, 9.17) is 5.11 Å². The summed E-state index contributed by atoms with van der Waals surface area (Å²) in [5.41, 5.74) is -0.825. The molecule has 0 aliphatic carbocycles. The van der Waals surface area contributed by atoms with E-state index in [9.17, 15) is 35.9 Å². The van der Waals surface area contributed by atoms with Crippen LogP contribution in [0.2, 0.25) is 0 Å². The minimum absolute atomic E-state index is 0.290. The maximum absolute atomic E-state index is 14.1. The molecule has 1 aliphatic rings. The van der Waals surface area contributed by atoms with Gasteiger partial charge in [-0.1, -0.05) is 0 Å². The van der Waals surface area contributed by atoms with Crippen LogP contribution >= 0.6 is 0 Å². The Morgan fingerprint density at radius 3 is 2.38 bits per heavy atom. The number of alkyl halides is 3. The number of benzene rings is 1. The van der Waals surface area contributed by atoms with Crippen LogP contribution in [0.5, 0.6) is 0 Å². The van der Waals surface area contributed by atoms with E-state index in [0.29, 0.717) is 17.0 Å². The molecule has 5 nitrogen and oxygen atoms in total. The summed E-state index contributed by atoms with van der Waals surface area (Å²) in [7, 11) is 0. The second-order valence-electron chi connectivity index (χ2n) is 5.92. The van der Waals surface area contributed by atoms with Gasteiger partial charge in [-0.15, -0.1) is 0 Å². The molecule has 1 aliphatic heterocycles. The first-order valence-electron chi connectivity index (χ1n) is 7.42. The smallest absolute Gasteiger partial charge is 0.406 e. The lowest BCUT2D eigenvalue weighted by molar-refractivity contribution is -0.170. The number of carboxylic acid groups (broad SMARTS) is 1. The van der Waals surface area contributed by atoms with Gasteiger partial charge in [0.15, 0.2) is 11.6 Å². The van der Waals surface area contributed by atoms with Crippen molar-refractivity contribution < 1.29 is 41.0 Å². The van der Waals surface area contributed by atoms with E-state index in [0.717, 1.165) is 6.92 Å². The van der Waals surface area contributed by atoms with Crippen molar-refractivity contribution in [1.29, 1.82) is 0 Å². The number of nitrogens with one attached hydrogen (secondary N) is 1. The summed E-state index contributed by atoms with van der Waals surface area (Å²) in [5, 5.41) is 10.5. The van der Waals surface area contributed by atoms with Crippen LogP contribution in [0.1, 0.15) is 24.8 Å². The predicted octanol–water partition coefficient (Wildman–Crippen LogP) is 3.01. The van der Waals surface area contributed by atoms with E-state index in [1.54, 1.807) is 5.32 Å². The lowest BCUT2D eigenvalue weighted by atomic mass is 9.81. The van der Waals surface area contributed by atoms with Gasteiger partial charge in [0.2, 0.25) is 5.91 Å². The Balaban J connectivity index is 2.50. The molecule has 1 aromatic rings. The molecular weight excluding hydrogens is 370 g/mol. The number of nitrogens with zero attached hydrogens (tertiary/aromatic N) is 1. The molecule has 144 valence electrons. The van der Waals surface area contributed by atoms with Gasteiger partial charge in [0.1, 0.15) is 18.4 Å². The fourth-order valence-corrected chi connectivity index (χ4v) is 3.10. The molecule has 1 aromatic carbocycles. The molecule has 26 heavy (non-hydrogen) atoms. The maximum atomic E-state index is 14.1. The molecule has 1 heterocycles. The highest BCUT2D eigenvalue weighted by Gasteiger charge is 2.46. The first kappa shape index (κ1) is 19.9. The number of amides is 2. The lowest BCUT2D eigenvalue weighted by Gasteiger charge is -2.43. The van der Waals surface area contributed by atoms with Crippen molar-refractivity contribution in [3.8, 4) is 0 Å². The second kappa shape index (κ2) is 7.04. The number of hydrogen-bond acceptors (Lipinski definition) is 2. The zero-order chi connectivity index (χ0) is 19.8. The Labute approximate surface area is 143 Å². The maximum Gasteiger partial charge on any atom is 0.406 e. The van der Waals surface area contributed by atoms with Gasteiger partial charge >= 0.3 is 12.3 Å². The molecule has 1 saturated heterocycles. The van der Waals surface area contributed by atoms with Crippen LogP contribution in [0.15, 0.2) is 12.1 Å². The van der Waals surface area contributed by atoms with Gasteiger partial charge in [0.05, 0.1) is 0 Å². The third-order valence-electron chi connectivity index (χ3n) is 4.24.